The van der Waals surface area contributed by atoms with E-state index in [1.807, 2.05) is 35.2 Å². The van der Waals surface area contributed by atoms with E-state index in [0.29, 0.717) is 0 Å². The first kappa shape index (κ1) is 10.5. The maximum atomic E-state index is 10.6. The summed E-state index contributed by atoms with van der Waals surface area (Å²) in [5.41, 5.74) is 0.843. The van der Waals surface area contributed by atoms with Crippen LogP contribution < -0.4 is 4.83 Å². The predicted molar refractivity (Wildman–Crippen MR) is 60.1 cm³/mol. The summed E-state index contributed by atoms with van der Waals surface area (Å²) in [5, 5.41) is 3.54. The fraction of sp³-hybridized carbons (Fsp3) is 0. The molecule has 1 aromatic carbocycles. The largest absolute Gasteiger partial charge is 0.300 e. The number of nitrogens with one attached hydrogen (secondary N) is 1. The van der Waals surface area contributed by atoms with Crippen molar-refractivity contribution in [2.45, 2.75) is 0 Å². The van der Waals surface area contributed by atoms with Crippen molar-refractivity contribution in [1.29, 1.82) is 0 Å². The van der Waals surface area contributed by atoms with E-state index in [2.05, 4.69) is 5.10 Å². The third kappa shape index (κ3) is 4.83. The molecule has 1 rings (SSSR count). The average Bonchev–Trinajstić information content (AvgIpc) is 2.04. The summed E-state index contributed by atoms with van der Waals surface area (Å²) < 4.78 is 21.2. The molecule has 0 spiro atoms. The molecular weight excluding hydrogens is 303 g/mol. The zero-order valence-electron chi connectivity index (χ0n) is 6.51. The Morgan fingerprint density at radius 1 is 1.31 bits per heavy atom. The second kappa shape index (κ2) is 4.56. The minimum Gasteiger partial charge on any atom is -0.196 e. The lowest BCUT2D eigenvalue weighted by Gasteiger charge is -1.92. The van der Waals surface area contributed by atoms with Crippen LogP contribution in [0.15, 0.2) is 35.4 Å². The maximum Gasteiger partial charge on any atom is 0.300 e. The van der Waals surface area contributed by atoms with Crippen LogP contribution in [0.2, 0.25) is 0 Å². The molecule has 4 nitrogen and oxygen atoms in total. The molecule has 0 bridgehead atoms. The van der Waals surface area contributed by atoms with E-state index in [-0.39, 0.29) is 0 Å². The minimum absolute atomic E-state index is 0.843. The molecule has 6 heteroatoms. The van der Waals surface area contributed by atoms with Gasteiger partial charge in [-0.25, -0.2) is 0 Å². The van der Waals surface area contributed by atoms with Crippen LogP contribution in [0.1, 0.15) is 5.56 Å². The Bertz CT molecular complexity index is 388. The van der Waals surface area contributed by atoms with E-state index in [4.69, 9.17) is 0 Å². The molecular formula is C7H7IN2O2S. The second-order valence-corrected chi connectivity index (χ2v) is 6.73. The molecule has 0 atom stereocenters. The van der Waals surface area contributed by atoms with Crippen LogP contribution >= 0.6 is 21.2 Å². The Morgan fingerprint density at radius 2 is 1.92 bits per heavy atom. The normalized spacial score (nSPS) is 11.8. The smallest absolute Gasteiger partial charge is 0.196 e. The molecule has 0 radical (unpaired) electrons. The molecule has 70 valence electrons. The molecule has 1 N–H and O–H groups in total. The summed E-state index contributed by atoms with van der Waals surface area (Å²) >= 11 is 1.27. The van der Waals surface area contributed by atoms with Gasteiger partial charge in [-0.1, -0.05) is 30.3 Å². The average molecular weight is 310 g/mol. The van der Waals surface area contributed by atoms with Gasteiger partial charge >= 0.3 is 7.19 Å². The fourth-order valence-electron chi connectivity index (χ4n) is 0.703. The molecule has 0 saturated carbocycles. The molecule has 0 aliphatic carbocycles. The Hall–Kier alpha value is -0.630. The van der Waals surface area contributed by atoms with Crippen molar-refractivity contribution in [3.63, 3.8) is 0 Å². The quantitative estimate of drug-likeness (QED) is 0.396. The van der Waals surface area contributed by atoms with Crippen molar-refractivity contribution >= 4 is 34.6 Å². The zero-order valence-corrected chi connectivity index (χ0v) is 9.49. The van der Waals surface area contributed by atoms with E-state index in [0.717, 1.165) is 5.56 Å². The van der Waals surface area contributed by atoms with Crippen LogP contribution in [-0.2, 0) is 7.19 Å². The van der Waals surface area contributed by atoms with Gasteiger partial charge < -0.3 is 0 Å². The number of benzene rings is 1. The van der Waals surface area contributed by atoms with Crippen LogP contribution in [0.25, 0.3) is 0 Å². The molecule has 0 heterocycles. The molecule has 0 fully saturated rings. The highest BCUT2D eigenvalue weighted by Crippen LogP contribution is 1.96. The van der Waals surface area contributed by atoms with Crippen molar-refractivity contribution < 1.29 is 8.42 Å². The molecule has 0 aliphatic heterocycles. The van der Waals surface area contributed by atoms with Crippen LogP contribution in [0.5, 0.6) is 0 Å². The van der Waals surface area contributed by atoms with Gasteiger partial charge in [-0.3, -0.25) is 0 Å². The predicted octanol–water partition coefficient (Wildman–Crippen LogP) is 1.29. The maximum absolute atomic E-state index is 10.6. The van der Waals surface area contributed by atoms with E-state index in [1.54, 1.807) is 0 Å². The van der Waals surface area contributed by atoms with Gasteiger partial charge in [0, 0.05) is 0 Å². The zero-order chi connectivity index (χ0) is 9.73. The Kier molecular flexibility index (Phi) is 3.67. The summed E-state index contributed by atoms with van der Waals surface area (Å²) in [6.07, 6.45) is 1.44. The van der Waals surface area contributed by atoms with Crippen LogP contribution in [0.4, 0.5) is 0 Å². The first-order chi connectivity index (χ1) is 6.08. The minimum atomic E-state index is -3.27. The molecule has 0 amide bonds. The number of hydrogen-bond donors (Lipinski definition) is 1. The Balaban J connectivity index is 2.61. The van der Waals surface area contributed by atoms with Gasteiger partial charge in [0.2, 0.25) is 0 Å². The topological polar surface area (TPSA) is 58.5 Å². The summed E-state index contributed by atoms with van der Waals surface area (Å²) in [7, 11) is -3.27. The van der Waals surface area contributed by atoms with Gasteiger partial charge in [0.1, 0.15) is 0 Å². The van der Waals surface area contributed by atoms with Crippen LogP contribution in [-0.4, -0.2) is 14.6 Å². The number of nitrogens with zero attached hydrogens (tertiary/aromatic N) is 1. The fourth-order valence-corrected chi connectivity index (χ4v) is 1.22. The van der Waals surface area contributed by atoms with Gasteiger partial charge in [-0.15, -0.1) is 0 Å². The molecule has 1 aromatic rings. The van der Waals surface area contributed by atoms with Gasteiger partial charge in [0.15, 0.2) is 0 Å². The Morgan fingerprint density at radius 3 is 2.46 bits per heavy atom. The third-order valence-corrected chi connectivity index (χ3v) is 2.09. The number of hydrazone groups is 1. The second-order valence-electron chi connectivity index (χ2n) is 2.20. The first-order valence-electron chi connectivity index (χ1n) is 3.37. The van der Waals surface area contributed by atoms with Crippen LogP contribution in [0.3, 0.4) is 0 Å². The highest BCUT2D eigenvalue weighted by atomic mass is 127. The van der Waals surface area contributed by atoms with Crippen molar-refractivity contribution in [1.82, 2.24) is 4.83 Å². The van der Waals surface area contributed by atoms with Crippen LogP contribution in [0, 0.1) is 0 Å². The standard InChI is InChI=1S/C7H7IN2O2S/c8-13(11,12)10-9-6-7-4-2-1-3-5-7/h1-6,10H/b9-6-. The summed E-state index contributed by atoms with van der Waals surface area (Å²) in [4.78, 5) is 2.00. The van der Waals surface area contributed by atoms with Crippen molar-refractivity contribution in [2.75, 3.05) is 0 Å². The molecule has 0 aliphatic rings. The monoisotopic (exact) mass is 310 g/mol. The number of rotatable bonds is 3. The van der Waals surface area contributed by atoms with E-state index < -0.39 is 7.19 Å². The van der Waals surface area contributed by atoms with Gasteiger partial charge in [0.25, 0.3) is 0 Å². The third-order valence-electron chi connectivity index (χ3n) is 1.17. The van der Waals surface area contributed by atoms with E-state index >= 15 is 0 Å². The lowest BCUT2D eigenvalue weighted by Crippen LogP contribution is -2.09. The first-order valence-corrected chi connectivity index (χ1v) is 7.40. The highest BCUT2D eigenvalue weighted by molar-refractivity contribution is 14.2. The lowest BCUT2D eigenvalue weighted by atomic mass is 10.2. The highest BCUT2D eigenvalue weighted by Gasteiger charge is 1.96. The van der Waals surface area contributed by atoms with Gasteiger partial charge in [0.05, 0.1) is 27.4 Å². The van der Waals surface area contributed by atoms with Gasteiger partial charge in [-0.05, 0) is 5.56 Å². The SMILES string of the molecule is O=S(=O)(I)N/N=C\c1ccccc1. The molecule has 0 unspecified atom stereocenters. The molecule has 0 aromatic heterocycles. The van der Waals surface area contributed by atoms with Crippen molar-refractivity contribution in [2.24, 2.45) is 5.10 Å². The molecule has 13 heavy (non-hydrogen) atoms. The lowest BCUT2D eigenvalue weighted by molar-refractivity contribution is 0.602. The summed E-state index contributed by atoms with van der Waals surface area (Å²) in [6.45, 7) is 0. The Labute approximate surface area is 88.7 Å². The van der Waals surface area contributed by atoms with Crippen molar-refractivity contribution in [3.05, 3.63) is 35.9 Å². The number of hydrogen-bond acceptors (Lipinski definition) is 3. The summed E-state index contributed by atoms with van der Waals surface area (Å²) in [6, 6.07) is 9.22. The van der Waals surface area contributed by atoms with E-state index in [1.165, 1.54) is 27.4 Å². The molecule has 0 saturated heterocycles. The van der Waals surface area contributed by atoms with Crippen molar-refractivity contribution in [3.8, 4) is 0 Å². The van der Waals surface area contributed by atoms with Gasteiger partial charge in [-0.2, -0.15) is 18.4 Å². The summed E-state index contributed by atoms with van der Waals surface area (Å²) in [5.74, 6) is 0. The van der Waals surface area contributed by atoms with E-state index in [9.17, 15) is 8.42 Å². The number of halogens is 1.